The Kier molecular flexibility index (Phi) is 74.5. The maximum absolute atomic E-state index is 12.8. The summed E-state index contributed by atoms with van der Waals surface area (Å²) in [7, 11) is -4.42. The Labute approximate surface area is 584 Å². The summed E-state index contributed by atoms with van der Waals surface area (Å²) in [5.74, 6) is -0.880. The number of rotatable bonds is 71. The molecular weight excluding hydrogens is 1190 g/mol. The lowest BCUT2D eigenvalue weighted by atomic mass is 10.0. The van der Waals surface area contributed by atoms with E-state index in [0.29, 0.717) is 6.42 Å². The number of ether oxygens (including phenoxy) is 2. The lowest BCUT2D eigenvalue weighted by Crippen LogP contribution is -2.29. The first-order chi connectivity index (χ1) is 46.8. The van der Waals surface area contributed by atoms with Crippen molar-refractivity contribution in [2.24, 2.45) is 5.73 Å². The minimum atomic E-state index is -4.42. The fourth-order valence-corrected chi connectivity index (χ4v) is 11.2. The molecular formula is C85H142NO8P. The molecule has 10 heteroatoms. The van der Waals surface area contributed by atoms with Gasteiger partial charge in [0.2, 0.25) is 0 Å². The minimum Gasteiger partial charge on any atom is -0.462 e. The SMILES string of the molecule is CC/C=C\C/C=C\C/C=C\C/C=C\C/C=C\C/C=C\C/C=C\C/C=C\C/C=C\C/C=C\C/C=C\C/C=C\CCCCC(=O)OC(COC(=O)CCCCCCCCCCCCCCCCCCCCCCCCC/C=C\C/C=C\CCCCCCC)COP(=O)(O)OCCN. The number of carbonyl (C=O) groups is 2. The largest absolute Gasteiger partial charge is 0.472 e. The van der Waals surface area contributed by atoms with Gasteiger partial charge in [0.15, 0.2) is 6.10 Å². The molecule has 3 N–H and O–H groups in total. The summed E-state index contributed by atoms with van der Waals surface area (Å²) in [5, 5.41) is 0. The number of hydrogen-bond donors (Lipinski definition) is 2. The van der Waals surface area contributed by atoms with E-state index in [0.717, 1.165) is 116 Å². The molecule has 0 amide bonds. The Morgan fingerprint density at radius 2 is 0.579 bits per heavy atom. The van der Waals surface area contributed by atoms with E-state index in [2.05, 4.69) is 184 Å². The minimum absolute atomic E-state index is 0.0389. The number of esters is 2. The van der Waals surface area contributed by atoms with E-state index in [1.165, 1.54) is 173 Å². The van der Waals surface area contributed by atoms with Crippen molar-refractivity contribution in [3.05, 3.63) is 170 Å². The molecule has 0 aliphatic carbocycles. The summed E-state index contributed by atoms with van der Waals surface area (Å²) in [4.78, 5) is 35.4. The van der Waals surface area contributed by atoms with E-state index in [1.54, 1.807) is 0 Å². The highest BCUT2D eigenvalue weighted by Gasteiger charge is 2.26. The molecule has 0 aromatic heterocycles. The van der Waals surface area contributed by atoms with Crippen LogP contribution < -0.4 is 5.73 Å². The molecule has 0 saturated carbocycles. The fraction of sp³-hybridized carbons (Fsp3) is 0.647. The molecule has 0 spiro atoms. The van der Waals surface area contributed by atoms with Crippen molar-refractivity contribution in [2.75, 3.05) is 26.4 Å². The van der Waals surface area contributed by atoms with Crippen LogP contribution in [0.3, 0.4) is 0 Å². The van der Waals surface area contributed by atoms with Crippen molar-refractivity contribution >= 4 is 19.8 Å². The molecule has 2 unspecified atom stereocenters. The number of phosphoric ester groups is 1. The molecule has 0 aromatic rings. The molecule has 95 heavy (non-hydrogen) atoms. The second kappa shape index (κ2) is 78.4. The molecule has 0 aliphatic heterocycles. The fourth-order valence-electron chi connectivity index (χ4n) is 10.4. The molecule has 0 fully saturated rings. The van der Waals surface area contributed by atoms with Crippen molar-refractivity contribution < 1.29 is 37.6 Å². The maximum Gasteiger partial charge on any atom is 0.472 e. The van der Waals surface area contributed by atoms with Crippen molar-refractivity contribution in [1.29, 1.82) is 0 Å². The van der Waals surface area contributed by atoms with Gasteiger partial charge in [0.1, 0.15) is 6.61 Å². The number of nitrogens with two attached hydrogens (primary N) is 1. The Bertz CT molecular complexity index is 2170. The summed E-state index contributed by atoms with van der Waals surface area (Å²) in [5.41, 5.74) is 5.40. The number of carbonyl (C=O) groups excluding carboxylic acids is 2. The lowest BCUT2D eigenvalue weighted by Gasteiger charge is -2.19. The second-order valence-corrected chi connectivity index (χ2v) is 26.6. The Morgan fingerprint density at radius 1 is 0.326 bits per heavy atom. The third-order valence-corrected chi connectivity index (χ3v) is 17.1. The standard InChI is InChI=1S/C85H142NO8P/c1-3-5-7-9-11-13-15-17-19-21-23-25-27-29-31-33-35-37-39-40-41-42-44-46-48-50-52-54-56-58-60-62-64-66-68-70-72-74-76-78-85(88)94-83(82-93-95(89,90)92-80-79-86)81-91-84(87)77-75-73-71-69-67-65-63-61-59-57-55-53-51-49-47-45-43-38-36-34-32-30-28-26-24-22-20-18-16-14-12-10-8-6-4-2/h5,7,11,13,16-19,22-25,29,31,35,37,40-41,44,46,50,52,56,58,62,64,68,70,83H,3-4,6,8-10,12,14-15,20-21,26-28,30,32-34,36,38-39,42-43,45,47-49,51,53-55,57,59-61,63,65-67,69,71-82,86H2,1-2H3,(H,89,90)/b7-5-,13-11-,18-16-,19-17-,24-22-,25-23-,31-29-,37-35-,41-40-,46-44-,52-50-,58-56-,64-62-,70-68-. The van der Waals surface area contributed by atoms with Crippen molar-refractivity contribution in [3.8, 4) is 0 Å². The monoisotopic (exact) mass is 1340 g/mol. The van der Waals surface area contributed by atoms with E-state index in [-0.39, 0.29) is 32.6 Å². The van der Waals surface area contributed by atoms with Crippen LogP contribution >= 0.6 is 7.82 Å². The lowest BCUT2D eigenvalue weighted by molar-refractivity contribution is -0.161. The van der Waals surface area contributed by atoms with Gasteiger partial charge in [0.05, 0.1) is 13.2 Å². The quantitative estimate of drug-likeness (QED) is 0.0264. The second-order valence-electron chi connectivity index (χ2n) is 25.1. The molecule has 0 aliphatic rings. The van der Waals surface area contributed by atoms with Crippen LogP contribution in [0, 0.1) is 0 Å². The highest BCUT2D eigenvalue weighted by atomic mass is 31.2. The predicted molar refractivity (Wildman–Crippen MR) is 413 cm³/mol. The van der Waals surface area contributed by atoms with Crippen LogP contribution in [0.4, 0.5) is 0 Å². The van der Waals surface area contributed by atoms with Gasteiger partial charge in [-0.05, 0) is 135 Å². The van der Waals surface area contributed by atoms with Gasteiger partial charge in [-0.15, -0.1) is 0 Å². The third-order valence-electron chi connectivity index (χ3n) is 16.1. The van der Waals surface area contributed by atoms with Gasteiger partial charge < -0.3 is 20.1 Å². The number of allylic oxidation sites excluding steroid dienone is 28. The Morgan fingerprint density at radius 3 is 0.884 bits per heavy atom. The molecule has 540 valence electrons. The summed E-state index contributed by atoms with van der Waals surface area (Å²) < 4.78 is 33.2. The normalized spacial score (nSPS) is 13.9. The Balaban J connectivity index is 3.97. The molecule has 2 atom stereocenters. The van der Waals surface area contributed by atoms with E-state index in [9.17, 15) is 19.0 Å². The molecule has 0 bridgehead atoms. The first kappa shape index (κ1) is 90.4. The topological polar surface area (TPSA) is 134 Å². The van der Waals surface area contributed by atoms with Gasteiger partial charge >= 0.3 is 19.8 Å². The number of hydrogen-bond acceptors (Lipinski definition) is 8. The van der Waals surface area contributed by atoms with Crippen molar-refractivity contribution in [2.45, 2.75) is 328 Å². The van der Waals surface area contributed by atoms with Crippen molar-refractivity contribution in [3.63, 3.8) is 0 Å². The van der Waals surface area contributed by atoms with Gasteiger partial charge in [-0.2, -0.15) is 0 Å². The van der Waals surface area contributed by atoms with Crippen LogP contribution in [0.25, 0.3) is 0 Å². The van der Waals surface area contributed by atoms with Crippen LogP contribution in [0.2, 0.25) is 0 Å². The zero-order chi connectivity index (χ0) is 68.6. The third kappa shape index (κ3) is 78.3. The Hall–Kier alpha value is -4.63. The number of phosphoric acid groups is 1. The van der Waals surface area contributed by atoms with E-state index < -0.39 is 32.5 Å². The summed E-state index contributed by atoms with van der Waals surface area (Å²) >= 11 is 0. The van der Waals surface area contributed by atoms with Crippen LogP contribution in [-0.2, 0) is 32.7 Å². The molecule has 0 aromatic carbocycles. The summed E-state index contributed by atoms with van der Waals surface area (Å²) in [6.45, 7) is 3.58. The highest BCUT2D eigenvalue weighted by Crippen LogP contribution is 2.43. The summed E-state index contributed by atoms with van der Waals surface area (Å²) in [6, 6.07) is 0. The molecule has 9 nitrogen and oxygen atoms in total. The maximum atomic E-state index is 12.8. The molecule has 0 heterocycles. The smallest absolute Gasteiger partial charge is 0.462 e. The van der Waals surface area contributed by atoms with Crippen LogP contribution in [0.1, 0.15) is 322 Å². The van der Waals surface area contributed by atoms with E-state index in [4.69, 9.17) is 24.3 Å². The molecule has 0 saturated heterocycles. The van der Waals surface area contributed by atoms with Crippen LogP contribution in [-0.4, -0.2) is 49.3 Å². The van der Waals surface area contributed by atoms with E-state index >= 15 is 0 Å². The van der Waals surface area contributed by atoms with Gasteiger partial charge in [-0.1, -0.05) is 344 Å². The first-order valence-corrected chi connectivity index (χ1v) is 40.1. The van der Waals surface area contributed by atoms with Gasteiger partial charge in [-0.3, -0.25) is 18.6 Å². The first-order valence-electron chi connectivity index (χ1n) is 38.6. The zero-order valence-corrected chi connectivity index (χ0v) is 61.7. The average Bonchev–Trinajstić information content (AvgIpc) is 3.16. The van der Waals surface area contributed by atoms with Crippen molar-refractivity contribution in [1.82, 2.24) is 0 Å². The van der Waals surface area contributed by atoms with Crippen LogP contribution in [0.15, 0.2) is 170 Å². The highest BCUT2D eigenvalue weighted by molar-refractivity contribution is 7.47. The van der Waals surface area contributed by atoms with Crippen LogP contribution in [0.5, 0.6) is 0 Å². The van der Waals surface area contributed by atoms with Gasteiger partial charge in [0.25, 0.3) is 0 Å². The zero-order valence-electron chi connectivity index (χ0n) is 60.8. The van der Waals surface area contributed by atoms with Gasteiger partial charge in [0, 0.05) is 19.4 Å². The number of unbranched alkanes of at least 4 members (excludes halogenated alkanes) is 30. The summed E-state index contributed by atoms with van der Waals surface area (Å²) in [6.07, 6.45) is 116. The van der Waals surface area contributed by atoms with E-state index in [1.807, 2.05) is 0 Å². The van der Waals surface area contributed by atoms with Gasteiger partial charge in [-0.25, -0.2) is 4.57 Å². The average molecular weight is 1340 g/mol. The molecule has 0 radical (unpaired) electrons. The predicted octanol–water partition coefficient (Wildman–Crippen LogP) is 26.1. The molecule has 0 rings (SSSR count).